The molecule has 0 radical (unpaired) electrons. The molecule has 0 atom stereocenters. The minimum atomic E-state index is 0.391. The molecular weight excluding hydrogens is 450 g/mol. The van der Waals surface area contributed by atoms with E-state index in [1.807, 2.05) is 18.2 Å². The molecule has 9 nitrogen and oxygen atoms in total. The summed E-state index contributed by atoms with van der Waals surface area (Å²) in [6.07, 6.45) is 3.94. The maximum Gasteiger partial charge on any atom is 0.175 e. The Morgan fingerprint density at radius 1 is 1.03 bits per heavy atom. The van der Waals surface area contributed by atoms with E-state index in [4.69, 9.17) is 20.2 Å². The molecule has 0 saturated carbocycles. The Hall–Kier alpha value is -2.56. The molecule has 10 heteroatoms. The predicted octanol–water partition coefficient (Wildman–Crippen LogP) is 3.38. The number of ether oxygens (including phenoxy) is 2. The molecule has 3 aromatic rings. The number of methoxy groups -OCH3 is 2. The number of anilines is 1. The van der Waals surface area contributed by atoms with Gasteiger partial charge in [0, 0.05) is 45.3 Å². The van der Waals surface area contributed by atoms with Gasteiger partial charge in [-0.3, -0.25) is 9.80 Å². The Morgan fingerprint density at radius 2 is 1.79 bits per heavy atom. The van der Waals surface area contributed by atoms with Crippen molar-refractivity contribution >= 4 is 28.7 Å². The van der Waals surface area contributed by atoms with Crippen LogP contribution < -0.4 is 15.2 Å². The van der Waals surface area contributed by atoms with Crippen LogP contribution in [-0.2, 0) is 6.54 Å². The minimum Gasteiger partial charge on any atom is -0.497 e. The first-order valence-corrected chi connectivity index (χ1v) is 12.7. The zero-order valence-corrected chi connectivity index (χ0v) is 21.3. The van der Waals surface area contributed by atoms with Gasteiger partial charge in [-0.25, -0.2) is 15.0 Å². The summed E-state index contributed by atoms with van der Waals surface area (Å²) in [5, 5.41) is 0.810. The number of nitrogens with zero attached hydrogens (tertiary/aromatic N) is 6. The molecule has 0 spiro atoms. The fourth-order valence-electron chi connectivity index (χ4n) is 4.57. The maximum atomic E-state index is 6.15. The second kappa shape index (κ2) is 11.2. The number of rotatable bonds is 10. The van der Waals surface area contributed by atoms with Crippen molar-refractivity contribution in [2.24, 2.45) is 0 Å². The molecule has 1 aromatic carbocycles. The van der Waals surface area contributed by atoms with Gasteiger partial charge in [0.2, 0.25) is 0 Å². The van der Waals surface area contributed by atoms with Gasteiger partial charge in [0.15, 0.2) is 22.1 Å². The van der Waals surface area contributed by atoms with Gasteiger partial charge in [0.05, 0.1) is 19.1 Å². The molecule has 1 saturated heterocycles. The second-order valence-electron chi connectivity index (χ2n) is 8.44. The minimum absolute atomic E-state index is 0.391. The van der Waals surface area contributed by atoms with Gasteiger partial charge in [0.1, 0.15) is 17.8 Å². The number of benzene rings is 1. The quantitative estimate of drug-likeness (QED) is 0.464. The SMILES string of the molecule is CCC(CC)N1CCN(CCn2c(Sc3cc(OC)ccc3OC)nc3c(N)ncnc32)CC1. The van der Waals surface area contributed by atoms with Crippen LogP contribution in [0, 0.1) is 0 Å². The molecule has 2 aromatic heterocycles. The highest BCUT2D eigenvalue weighted by Gasteiger charge is 2.23. The lowest BCUT2D eigenvalue weighted by Gasteiger charge is -2.38. The average molecular weight is 486 g/mol. The third-order valence-electron chi connectivity index (χ3n) is 6.60. The Morgan fingerprint density at radius 3 is 2.47 bits per heavy atom. The van der Waals surface area contributed by atoms with E-state index >= 15 is 0 Å². The first-order chi connectivity index (χ1) is 16.6. The number of hydrogen-bond acceptors (Lipinski definition) is 9. The van der Waals surface area contributed by atoms with Gasteiger partial charge >= 0.3 is 0 Å². The number of piperazine rings is 1. The molecule has 1 fully saturated rings. The average Bonchev–Trinajstić information content (AvgIpc) is 3.22. The van der Waals surface area contributed by atoms with Crippen LogP contribution >= 0.6 is 11.8 Å². The van der Waals surface area contributed by atoms with Crippen LogP contribution in [0.25, 0.3) is 11.2 Å². The van der Waals surface area contributed by atoms with Crippen LogP contribution in [-0.4, -0.2) is 82.3 Å². The second-order valence-corrected chi connectivity index (χ2v) is 9.45. The van der Waals surface area contributed by atoms with E-state index < -0.39 is 0 Å². The fourth-order valence-corrected chi connectivity index (χ4v) is 5.62. The van der Waals surface area contributed by atoms with Crippen molar-refractivity contribution in [3.8, 4) is 11.5 Å². The van der Waals surface area contributed by atoms with E-state index in [9.17, 15) is 0 Å². The topological polar surface area (TPSA) is 94.6 Å². The first kappa shape index (κ1) is 24.6. The van der Waals surface area contributed by atoms with Gasteiger partial charge in [-0.05, 0) is 42.8 Å². The molecule has 0 unspecified atom stereocenters. The molecule has 0 bridgehead atoms. The van der Waals surface area contributed by atoms with Crippen molar-refractivity contribution in [1.29, 1.82) is 0 Å². The van der Waals surface area contributed by atoms with Crippen LogP contribution in [0.3, 0.4) is 0 Å². The highest BCUT2D eigenvalue weighted by atomic mass is 32.2. The predicted molar refractivity (Wildman–Crippen MR) is 136 cm³/mol. The van der Waals surface area contributed by atoms with Gasteiger partial charge < -0.3 is 19.8 Å². The molecule has 2 N–H and O–H groups in total. The van der Waals surface area contributed by atoms with Gasteiger partial charge in [-0.15, -0.1) is 0 Å². The summed E-state index contributed by atoms with van der Waals surface area (Å²) < 4.78 is 13.1. The molecular formula is C24H35N7O2S. The van der Waals surface area contributed by atoms with Gasteiger partial charge in [-0.1, -0.05) is 13.8 Å². The summed E-state index contributed by atoms with van der Waals surface area (Å²) in [7, 11) is 3.32. The van der Waals surface area contributed by atoms with E-state index in [0.29, 0.717) is 17.4 Å². The van der Waals surface area contributed by atoms with Gasteiger partial charge in [-0.2, -0.15) is 0 Å². The summed E-state index contributed by atoms with van der Waals surface area (Å²) in [6.45, 7) is 10.7. The molecule has 184 valence electrons. The highest BCUT2D eigenvalue weighted by molar-refractivity contribution is 7.99. The molecule has 1 aliphatic heterocycles. The zero-order valence-electron chi connectivity index (χ0n) is 20.5. The number of nitrogens with two attached hydrogens (primary N) is 1. The summed E-state index contributed by atoms with van der Waals surface area (Å²) in [5.41, 5.74) is 7.53. The van der Waals surface area contributed by atoms with Gasteiger partial charge in [0.25, 0.3) is 0 Å². The summed E-state index contributed by atoms with van der Waals surface area (Å²) in [5.74, 6) is 1.92. The Bertz CT molecular complexity index is 1090. The molecule has 1 aliphatic rings. The third kappa shape index (κ3) is 5.24. The number of imidazole rings is 1. The molecule has 0 amide bonds. The zero-order chi connectivity index (χ0) is 24.1. The smallest absolute Gasteiger partial charge is 0.175 e. The van der Waals surface area contributed by atoms with Crippen LogP contribution in [0.2, 0.25) is 0 Å². The van der Waals surface area contributed by atoms with E-state index in [2.05, 4.69) is 38.2 Å². The largest absolute Gasteiger partial charge is 0.497 e. The molecule has 3 heterocycles. The summed E-state index contributed by atoms with van der Waals surface area (Å²) >= 11 is 1.52. The lowest BCUT2D eigenvalue weighted by molar-refractivity contribution is 0.0898. The van der Waals surface area contributed by atoms with Crippen LogP contribution in [0.4, 0.5) is 5.82 Å². The van der Waals surface area contributed by atoms with Crippen molar-refractivity contribution in [2.75, 3.05) is 52.7 Å². The lowest BCUT2D eigenvalue weighted by atomic mass is 10.1. The maximum absolute atomic E-state index is 6.15. The summed E-state index contributed by atoms with van der Waals surface area (Å²) in [6, 6.07) is 6.44. The Balaban J connectivity index is 1.55. The third-order valence-corrected chi connectivity index (χ3v) is 7.64. The van der Waals surface area contributed by atoms with Crippen molar-refractivity contribution < 1.29 is 9.47 Å². The van der Waals surface area contributed by atoms with Crippen LogP contribution in [0.15, 0.2) is 34.6 Å². The first-order valence-electron chi connectivity index (χ1n) is 11.9. The number of hydrogen-bond donors (Lipinski definition) is 1. The standard InChI is InChI=1S/C24H35N7O2S/c1-5-17(6-2)30-12-9-29(10-13-30)11-14-31-23-21(22(25)26-16-27-23)28-24(31)34-20-15-18(32-3)7-8-19(20)33-4/h7-8,15-17H,5-6,9-14H2,1-4H3,(H2,25,26,27). The molecule has 0 aliphatic carbocycles. The summed E-state index contributed by atoms with van der Waals surface area (Å²) in [4.78, 5) is 19.5. The number of fused-ring (bicyclic) bond motifs is 1. The highest BCUT2D eigenvalue weighted by Crippen LogP contribution is 2.38. The fraction of sp³-hybridized carbons (Fsp3) is 0.542. The van der Waals surface area contributed by atoms with Crippen LogP contribution in [0.1, 0.15) is 26.7 Å². The Kier molecular flexibility index (Phi) is 8.12. The normalized spacial score (nSPS) is 15.3. The van der Waals surface area contributed by atoms with E-state index in [1.54, 1.807) is 14.2 Å². The molecule has 34 heavy (non-hydrogen) atoms. The number of aromatic nitrogens is 4. The molecule has 4 rings (SSSR count). The van der Waals surface area contributed by atoms with E-state index in [-0.39, 0.29) is 0 Å². The van der Waals surface area contributed by atoms with Crippen molar-refractivity contribution in [3.05, 3.63) is 24.5 Å². The monoisotopic (exact) mass is 485 g/mol. The Labute approximate surface area is 205 Å². The van der Waals surface area contributed by atoms with Crippen molar-refractivity contribution in [3.63, 3.8) is 0 Å². The van der Waals surface area contributed by atoms with Crippen molar-refractivity contribution in [1.82, 2.24) is 29.3 Å². The van der Waals surface area contributed by atoms with E-state index in [1.165, 1.54) is 30.9 Å². The van der Waals surface area contributed by atoms with Crippen molar-refractivity contribution in [2.45, 2.75) is 49.3 Å². The van der Waals surface area contributed by atoms with E-state index in [0.717, 1.165) is 66.5 Å². The lowest BCUT2D eigenvalue weighted by Crippen LogP contribution is -2.50. The van der Waals surface area contributed by atoms with Crippen LogP contribution in [0.5, 0.6) is 11.5 Å². The number of nitrogen functional groups attached to an aromatic ring is 1.